The van der Waals surface area contributed by atoms with Gasteiger partial charge in [0.2, 0.25) is 0 Å². The second kappa shape index (κ2) is 5.72. The molecule has 0 saturated carbocycles. The molecule has 4 rings (SSSR count). The number of aryl methyl sites for hydroxylation is 1. The van der Waals surface area contributed by atoms with Gasteiger partial charge >= 0.3 is 0 Å². The van der Waals surface area contributed by atoms with E-state index in [4.69, 9.17) is 0 Å². The molecule has 0 aliphatic rings. The first-order valence-corrected chi connectivity index (χ1v) is 8.61. The van der Waals surface area contributed by atoms with Crippen LogP contribution in [0.5, 0.6) is 0 Å². The lowest BCUT2D eigenvalue weighted by atomic mass is 10.2. The van der Waals surface area contributed by atoms with Crippen molar-refractivity contribution in [1.82, 2.24) is 14.8 Å². The average Bonchev–Trinajstić information content (AvgIpc) is 2.97. The van der Waals surface area contributed by atoms with Crippen LogP contribution in [0.2, 0.25) is 0 Å². The number of hydrogen-bond acceptors (Lipinski definition) is 5. The van der Waals surface area contributed by atoms with E-state index in [-0.39, 0.29) is 5.56 Å². The molecule has 5 nitrogen and oxygen atoms in total. The van der Waals surface area contributed by atoms with Gasteiger partial charge in [-0.3, -0.25) is 4.79 Å². The highest BCUT2D eigenvalue weighted by Gasteiger charge is 2.15. The summed E-state index contributed by atoms with van der Waals surface area (Å²) in [6, 6.07) is 9.70. The van der Waals surface area contributed by atoms with E-state index in [1.54, 1.807) is 12.4 Å². The van der Waals surface area contributed by atoms with Gasteiger partial charge in [0.25, 0.3) is 5.56 Å². The molecule has 3 aromatic heterocycles. The molecular weight excluding hydrogens is 320 g/mol. The van der Waals surface area contributed by atoms with E-state index in [1.807, 2.05) is 44.2 Å². The Morgan fingerprint density at radius 1 is 1.21 bits per heavy atom. The van der Waals surface area contributed by atoms with Gasteiger partial charge in [-0.25, -0.2) is 4.98 Å². The lowest BCUT2D eigenvalue weighted by Gasteiger charge is -2.06. The zero-order valence-corrected chi connectivity index (χ0v) is 14.2. The fourth-order valence-corrected chi connectivity index (χ4v) is 3.87. The van der Waals surface area contributed by atoms with Crippen molar-refractivity contribution in [1.29, 1.82) is 0 Å². The van der Waals surface area contributed by atoms with Crippen LogP contribution in [-0.4, -0.2) is 21.3 Å². The van der Waals surface area contributed by atoms with E-state index in [0.717, 1.165) is 39.1 Å². The molecule has 0 amide bonds. The molecule has 4 aromatic rings. The lowest BCUT2D eigenvalue weighted by Crippen LogP contribution is -2.19. The Labute approximate surface area is 142 Å². The summed E-state index contributed by atoms with van der Waals surface area (Å²) in [5.74, 6) is 0. The number of pyridine rings is 1. The van der Waals surface area contributed by atoms with Gasteiger partial charge in [0.1, 0.15) is 9.53 Å². The molecule has 120 valence electrons. The predicted molar refractivity (Wildman–Crippen MR) is 99.4 cm³/mol. The monoisotopic (exact) mass is 336 g/mol. The number of anilines is 1. The Balaban J connectivity index is 2.00. The molecule has 0 aliphatic carbocycles. The van der Waals surface area contributed by atoms with Crippen LogP contribution in [0.3, 0.4) is 0 Å². The zero-order chi connectivity index (χ0) is 16.7. The number of aromatic nitrogens is 3. The minimum Gasteiger partial charge on any atom is -0.385 e. The van der Waals surface area contributed by atoms with Crippen molar-refractivity contribution in [2.75, 3.05) is 11.9 Å². The summed E-state index contributed by atoms with van der Waals surface area (Å²) in [6.45, 7) is 4.87. The van der Waals surface area contributed by atoms with E-state index in [1.165, 1.54) is 16.0 Å². The summed E-state index contributed by atoms with van der Waals surface area (Å²) in [5.41, 5.74) is 2.80. The fourth-order valence-electron chi connectivity index (χ4n) is 2.80. The summed E-state index contributed by atoms with van der Waals surface area (Å²) in [4.78, 5) is 18.2. The number of nitrogens with zero attached hydrogens (tertiary/aromatic N) is 3. The highest BCUT2D eigenvalue weighted by atomic mass is 32.1. The molecule has 1 N–H and O–H groups in total. The van der Waals surface area contributed by atoms with Crippen LogP contribution in [0.15, 0.2) is 47.5 Å². The maximum atomic E-state index is 12.9. The molecular formula is C18H16N4OS. The molecule has 0 saturated heterocycles. The van der Waals surface area contributed by atoms with Gasteiger partial charge in [-0.15, -0.1) is 11.3 Å². The third-order valence-corrected chi connectivity index (χ3v) is 5.07. The molecule has 0 atom stereocenters. The van der Waals surface area contributed by atoms with Gasteiger partial charge in [0.05, 0.1) is 11.9 Å². The highest BCUT2D eigenvalue weighted by Crippen LogP contribution is 2.34. The van der Waals surface area contributed by atoms with Crippen molar-refractivity contribution in [3.05, 3.63) is 58.6 Å². The second-order valence-electron chi connectivity index (χ2n) is 5.61. The van der Waals surface area contributed by atoms with Crippen LogP contribution < -0.4 is 10.9 Å². The molecule has 0 fully saturated rings. The number of thiophene rings is 1. The first-order valence-electron chi connectivity index (χ1n) is 7.79. The number of nitrogens with one attached hydrogen (secondary N) is 1. The minimum absolute atomic E-state index is 0.109. The van der Waals surface area contributed by atoms with Crippen molar-refractivity contribution in [2.45, 2.75) is 13.8 Å². The lowest BCUT2D eigenvalue weighted by molar-refractivity contribution is 0.823. The van der Waals surface area contributed by atoms with Crippen molar-refractivity contribution in [2.24, 2.45) is 0 Å². The van der Waals surface area contributed by atoms with Gasteiger partial charge in [-0.05, 0) is 32.0 Å². The summed E-state index contributed by atoms with van der Waals surface area (Å²) in [6.07, 6.45) is 3.53. The molecule has 0 bridgehead atoms. The van der Waals surface area contributed by atoms with E-state index in [2.05, 4.69) is 15.4 Å². The maximum Gasteiger partial charge on any atom is 0.289 e. The number of rotatable bonds is 3. The van der Waals surface area contributed by atoms with E-state index in [9.17, 15) is 4.79 Å². The maximum absolute atomic E-state index is 12.9. The van der Waals surface area contributed by atoms with Crippen LogP contribution in [0.4, 0.5) is 5.69 Å². The number of benzene rings is 1. The Hall–Kier alpha value is -2.73. The van der Waals surface area contributed by atoms with Crippen LogP contribution in [-0.2, 0) is 0 Å². The Morgan fingerprint density at radius 2 is 2.00 bits per heavy atom. The van der Waals surface area contributed by atoms with Gasteiger partial charge in [-0.2, -0.15) is 9.78 Å². The Morgan fingerprint density at radius 3 is 2.75 bits per heavy atom. The summed E-state index contributed by atoms with van der Waals surface area (Å²) < 4.78 is 2.13. The van der Waals surface area contributed by atoms with Crippen molar-refractivity contribution >= 4 is 37.3 Å². The average molecular weight is 336 g/mol. The van der Waals surface area contributed by atoms with E-state index >= 15 is 0 Å². The second-order valence-corrected chi connectivity index (χ2v) is 6.61. The van der Waals surface area contributed by atoms with Crippen LogP contribution in [0, 0.1) is 6.92 Å². The van der Waals surface area contributed by atoms with Crippen LogP contribution >= 0.6 is 11.3 Å². The highest BCUT2D eigenvalue weighted by molar-refractivity contribution is 7.25. The molecule has 0 radical (unpaired) electrons. The Bertz CT molecular complexity index is 1100. The van der Waals surface area contributed by atoms with Gasteiger partial charge in [0.15, 0.2) is 0 Å². The molecule has 24 heavy (non-hydrogen) atoms. The first-order chi connectivity index (χ1) is 11.7. The van der Waals surface area contributed by atoms with E-state index < -0.39 is 0 Å². The number of hydrogen-bond donors (Lipinski definition) is 1. The molecule has 0 spiro atoms. The Kier molecular flexibility index (Phi) is 3.54. The topological polar surface area (TPSA) is 59.8 Å². The molecule has 1 aromatic carbocycles. The SMILES string of the molecule is CCNc1ccnc2sc3c(=O)n(-c4ccc(C)cc4)ncc3c12. The first kappa shape index (κ1) is 14.8. The van der Waals surface area contributed by atoms with Crippen LogP contribution in [0.25, 0.3) is 26.0 Å². The molecule has 0 unspecified atom stereocenters. The van der Waals surface area contributed by atoms with E-state index in [0.29, 0.717) is 4.70 Å². The third kappa shape index (κ3) is 2.27. The van der Waals surface area contributed by atoms with Crippen molar-refractivity contribution in [3.63, 3.8) is 0 Å². The molecule has 0 aliphatic heterocycles. The quantitative estimate of drug-likeness (QED) is 0.619. The standard InChI is InChI=1S/C18H16N4OS/c1-3-19-14-8-9-20-17-15(14)13-10-21-22(18(23)16(13)24-17)12-6-4-11(2)5-7-12/h4-10H,3H2,1-2H3,(H,19,20). The summed E-state index contributed by atoms with van der Waals surface area (Å²) >= 11 is 1.42. The number of fused-ring (bicyclic) bond motifs is 3. The summed E-state index contributed by atoms with van der Waals surface area (Å²) in [5, 5.41) is 9.54. The van der Waals surface area contributed by atoms with Gasteiger partial charge in [0, 0.05) is 29.2 Å². The predicted octanol–water partition coefficient (Wildman–Crippen LogP) is 3.74. The van der Waals surface area contributed by atoms with Gasteiger partial charge in [-0.1, -0.05) is 17.7 Å². The summed E-state index contributed by atoms with van der Waals surface area (Å²) in [7, 11) is 0. The zero-order valence-electron chi connectivity index (χ0n) is 13.4. The molecule has 6 heteroatoms. The smallest absolute Gasteiger partial charge is 0.289 e. The van der Waals surface area contributed by atoms with Crippen LogP contribution in [0.1, 0.15) is 12.5 Å². The molecule has 3 heterocycles. The normalized spacial score (nSPS) is 11.2. The van der Waals surface area contributed by atoms with Gasteiger partial charge < -0.3 is 5.32 Å². The minimum atomic E-state index is -0.109. The third-order valence-electron chi connectivity index (χ3n) is 3.96. The fraction of sp³-hybridized carbons (Fsp3) is 0.167. The largest absolute Gasteiger partial charge is 0.385 e. The van der Waals surface area contributed by atoms with Crippen molar-refractivity contribution in [3.8, 4) is 5.69 Å². The van der Waals surface area contributed by atoms with Crippen molar-refractivity contribution < 1.29 is 0 Å².